The van der Waals surface area contributed by atoms with Gasteiger partial charge in [0.2, 0.25) is 0 Å². The van der Waals surface area contributed by atoms with E-state index in [-0.39, 0.29) is 6.03 Å². The topological polar surface area (TPSA) is 41.6 Å². The number of fused-ring (bicyclic) bond motifs is 1. The van der Waals surface area contributed by atoms with Crippen LogP contribution in [0.5, 0.6) is 0 Å². The monoisotopic (exact) mass is 388 g/mol. The van der Waals surface area contributed by atoms with E-state index in [0.717, 1.165) is 31.5 Å². The maximum atomic E-state index is 12.7. The summed E-state index contributed by atoms with van der Waals surface area (Å²) >= 11 is 0. The molecule has 1 saturated heterocycles. The smallest absolute Gasteiger partial charge is 0.317 e. The number of carbonyl (C=O) groups is 1. The molecule has 150 valence electrons. The molecule has 0 radical (unpaired) electrons. The molecule has 0 aromatic heterocycles. The molecule has 0 saturated carbocycles. The van der Waals surface area contributed by atoms with Crippen molar-refractivity contribution < 1.29 is 9.53 Å². The summed E-state index contributed by atoms with van der Waals surface area (Å²) in [6.45, 7) is 3.45. The number of hydrogen-bond acceptors (Lipinski definition) is 2. The first-order chi connectivity index (χ1) is 14.3. The molecule has 0 aliphatic carbocycles. The Morgan fingerprint density at radius 1 is 1.00 bits per heavy atom. The fourth-order valence-electron chi connectivity index (χ4n) is 4.03. The summed E-state index contributed by atoms with van der Waals surface area (Å²) in [6.07, 6.45) is 2.14. The third-order valence-corrected chi connectivity index (χ3v) is 5.58. The van der Waals surface area contributed by atoms with Crippen LogP contribution in [0.4, 0.5) is 4.79 Å². The van der Waals surface area contributed by atoms with Gasteiger partial charge in [-0.15, -0.1) is 0 Å². The number of urea groups is 1. The van der Waals surface area contributed by atoms with Crippen molar-refractivity contribution in [3.05, 3.63) is 83.9 Å². The van der Waals surface area contributed by atoms with Crippen molar-refractivity contribution in [3.63, 3.8) is 0 Å². The molecule has 1 aliphatic heterocycles. The van der Waals surface area contributed by atoms with Crippen LogP contribution < -0.4 is 5.32 Å². The molecule has 4 nitrogen and oxygen atoms in total. The van der Waals surface area contributed by atoms with Gasteiger partial charge < -0.3 is 15.0 Å². The van der Waals surface area contributed by atoms with Gasteiger partial charge in [0.05, 0.1) is 13.2 Å². The first kappa shape index (κ1) is 19.5. The number of piperidine rings is 1. The molecule has 1 atom stereocenters. The Morgan fingerprint density at radius 2 is 1.79 bits per heavy atom. The van der Waals surface area contributed by atoms with E-state index in [4.69, 9.17) is 4.74 Å². The second-order valence-corrected chi connectivity index (χ2v) is 7.75. The molecule has 0 spiro atoms. The molecule has 0 unspecified atom stereocenters. The van der Waals surface area contributed by atoms with Crippen molar-refractivity contribution in [1.29, 1.82) is 0 Å². The summed E-state index contributed by atoms with van der Waals surface area (Å²) in [5.74, 6) is 0.399. The molecule has 29 heavy (non-hydrogen) atoms. The molecule has 1 aliphatic rings. The largest absolute Gasteiger partial charge is 0.376 e. The zero-order valence-electron chi connectivity index (χ0n) is 16.7. The van der Waals surface area contributed by atoms with Gasteiger partial charge in [0.1, 0.15) is 0 Å². The Balaban J connectivity index is 1.27. The Morgan fingerprint density at radius 3 is 2.69 bits per heavy atom. The second-order valence-electron chi connectivity index (χ2n) is 7.75. The number of ether oxygens (including phenoxy) is 1. The van der Waals surface area contributed by atoms with E-state index in [1.807, 2.05) is 41.3 Å². The number of nitrogens with one attached hydrogen (secondary N) is 1. The number of rotatable bonds is 6. The zero-order chi connectivity index (χ0) is 19.9. The van der Waals surface area contributed by atoms with Gasteiger partial charge in [-0.25, -0.2) is 4.79 Å². The summed E-state index contributed by atoms with van der Waals surface area (Å²) < 4.78 is 5.91. The van der Waals surface area contributed by atoms with Crippen LogP contribution in [0.1, 0.15) is 24.0 Å². The van der Waals surface area contributed by atoms with E-state index >= 15 is 0 Å². The Kier molecular flexibility index (Phi) is 6.42. The number of hydrogen-bond donors (Lipinski definition) is 1. The van der Waals surface area contributed by atoms with Crippen molar-refractivity contribution in [2.24, 2.45) is 5.92 Å². The highest BCUT2D eigenvalue weighted by molar-refractivity contribution is 5.86. The van der Waals surface area contributed by atoms with Gasteiger partial charge in [0.15, 0.2) is 0 Å². The van der Waals surface area contributed by atoms with Crippen LogP contribution in [-0.4, -0.2) is 30.6 Å². The van der Waals surface area contributed by atoms with Crippen LogP contribution >= 0.6 is 0 Å². The average Bonchev–Trinajstić information content (AvgIpc) is 2.78. The van der Waals surface area contributed by atoms with Crippen molar-refractivity contribution in [2.75, 3.05) is 19.7 Å². The lowest BCUT2D eigenvalue weighted by atomic mass is 9.99. The van der Waals surface area contributed by atoms with Gasteiger partial charge in [0, 0.05) is 25.6 Å². The fourth-order valence-corrected chi connectivity index (χ4v) is 4.03. The zero-order valence-corrected chi connectivity index (χ0v) is 16.7. The van der Waals surface area contributed by atoms with E-state index in [1.165, 1.54) is 16.3 Å². The molecule has 3 aromatic rings. The molecule has 1 N–H and O–H groups in total. The second kappa shape index (κ2) is 9.57. The Labute approximate surface area is 172 Å². The predicted octanol–water partition coefficient (Wildman–Crippen LogP) is 4.98. The highest BCUT2D eigenvalue weighted by atomic mass is 16.5. The van der Waals surface area contributed by atoms with Crippen LogP contribution in [0.2, 0.25) is 0 Å². The first-order valence-electron chi connectivity index (χ1n) is 10.4. The normalized spacial score (nSPS) is 16.7. The van der Waals surface area contributed by atoms with Gasteiger partial charge in [-0.1, -0.05) is 72.8 Å². The molecule has 0 bridgehead atoms. The highest BCUT2D eigenvalue weighted by Gasteiger charge is 2.23. The van der Waals surface area contributed by atoms with Gasteiger partial charge in [-0.2, -0.15) is 0 Å². The molecule has 2 amide bonds. The van der Waals surface area contributed by atoms with Crippen LogP contribution in [0.25, 0.3) is 10.8 Å². The fraction of sp³-hybridized carbons (Fsp3) is 0.320. The van der Waals surface area contributed by atoms with Crippen molar-refractivity contribution in [1.82, 2.24) is 10.2 Å². The summed E-state index contributed by atoms with van der Waals surface area (Å²) in [4.78, 5) is 14.7. The van der Waals surface area contributed by atoms with Gasteiger partial charge in [0.25, 0.3) is 0 Å². The molecule has 1 heterocycles. The molecule has 1 fully saturated rings. The minimum atomic E-state index is 0.0192. The van der Waals surface area contributed by atoms with E-state index in [9.17, 15) is 4.79 Å². The van der Waals surface area contributed by atoms with Gasteiger partial charge in [-0.05, 0) is 34.7 Å². The van der Waals surface area contributed by atoms with Crippen molar-refractivity contribution in [3.8, 4) is 0 Å². The molecule has 4 heteroatoms. The molecular weight excluding hydrogens is 360 g/mol. The summed E-state index contributed by atoms with van der Waals surface area (Å²) in [6, 6.07) is 24.8. The molecule has 3 aromatic carbocycles. The number of benzene rings is 3. The van der Waals surface area contributed by atoms with E-state index in [1.54, 1.807) is 0 Å². The quantitative estimate of drug-likeness (QED) is 0.647. The van der Waals surface area contributed by atoms with Crippen LogP contribution in [0, 0.1) is 5.92 Å². The number of amides is 2. The molecular formula is C25H28N2O2. The summed E-state index contributed by atoms with van der Waals surface area (Å²) in [5.41, 5.74) is 2.34. The SMILES string of the molecule is O=C(NCc1cccc2ccccc12)N1CCC[C@H](COCc2ccccc2)C1. The minimum absolute atomic E-state index is 0.0192. The van der Waals surface area contributed by atoms with Crippen LogP contribution in [0.15, 0.2) is 72.8 Å². The standard InChI is InChI=1S/C25H28N2O2/c28-25(26-16-23-13-6-12-22-11-4-5-14-24(22)23)27-15-7-10-21(17-27)19-29-18-20-8-2-1-3-9-20/h1-6,8-9,11-14,21H,7,10,15-19H2,(H,26,28)/t21-/m0/s1. The lowest BCUT2D eigenvalue weighted by molar-refractivity contribution is 0.0590. The minimum Gasteiger partial charge on any atom is -0.376 e. The maximum Gasteiger partial charge on any atom is 0.317 e. The maximum absolute atomic E-state index is 12.7. The third kappa shape index (κ3) is 5.15. The molecule has 4 rings (SSSR count). The van der Waals surface area contributed by atoms with E-state index in [2.05, 4.69) is 41.7 Å². The predicted molar refractivity (Wildman–Crippen MR) is 117 cm³/mol. The number of likely N-dealkylation sites (tertiary alicyclic amines) is 1. The lowest BCUT2D eigenvalue weighted by Gasteiger charge is -2.32. The summed E-state index contributed by atoms with van der Waals surface area (Å²) in [5, 5.41) is 5.51. The van der Waals surface area contributed by atoms with E-state index in [0.29, 0.717) is 25.7 Å². The average molecular weight is 389 g/mol. The van der Waals surface area contributed by atoms with Crippen LogP contribution in [0.3, 0.4) is 0 Å². The lowest BCUT2D eigenvalue weighted by Crippen LogP contribution is -2.46. The van der Waals surface area contributed by atoms with E-state index < -0.39 is 0 Å². The third-order valence-electron chi connectivity index (χ3n) is 5.58. The number of carbonyl (C=O) groups excluding carboxylic acids is 1. The van der Waals surface area contributed by atoms with Gasteiger partial charge in [-0.3, -0.25) is 0 Å². The van der Waals surface area contributed by atoms with Crippen molar-refractivity contribution in [2.45, 2.75) is 26.0 Å². The Bertz CT molecular complexity index is 936. The van der Waals surface area contributed by atoms with Crippen LogP contribution in [-0.2, 0) is 17.9 Å². The number of nitrogens with zero attached hydrogens (tertiary/aromatic N) is 1. The first-order valence-corrected chi connectivity index (χ1v) is 10.4. The Hall–Kier alpha value is -2.85. The van der Waals surface area contributed by atoms with Crippen molar-refractivity contribution >= 4 is 16.8 Å². The summed E-state index contributed by atoms with van der Waals surface area (Å²) in [7, 11) is 0. The van der Waals surface area contributed by atoms with Gasteiger partial charge >= 0.3 is 6.03 Å². The highest BCUT2D eigenvalue weighted by Crippen LogP contribution is 2.20.